The van der Waals surface area contributed by atoms with Crippen molar-refractivity contribution >= 4 is 12.7 Å². The number of rotatable bonds is 6. The highest BCUT2D eigenvalue weighted by Gasteiger charge is 2.11. The van der Waals surface area contributed by atoms with Gasteiger partial charge in [0.15, 0.2) is 0 Å². The molecule has 74 valence electrons. The minimum atomic E-state index is -0.602. The molecular weight excluding hydrogens is 163 g/mol. The van der Waals surface area contributed by atoms with E-state index in [1.807, 2.05) is 0 Å². The van der Waals surface area contributed by atoms with Crippen molar-refractivity contribution in [3.8, 4) is 0 Å². The zero-order chi connectivity index (χ0) is 9.45. The fraction of sp³-hybridized carbons (Fsp3) is 0.909. The average molecular weight is 188 g/mol. The Hall–Kier alpha value is 0.300. The van der Waals surface area contributed by atoms with E-state index in [2.05, 4.69) is 33.5 Å². The highest BCUT2D eigenvalue weighted by Crippen LogP contribution is 2.47. The van der Waals surface area contributed by atoms with Gasteiger partial charge in [-0.15, -0.1) is 6.89 Å². The van der Waals surface area contributed by atoms with E-state index < -0.39 is 6.89 Å². The smallest absolute Gasteiger partial charge is 0.0333 e. The first-order valence-corrected chi connectivity index (χ1v) is 7.86. The first-order valence-electron chi connectivity index (χ1n) is 5.44. The van der Waals surface area contributed by atoms with E-state index in [1.54, 1.807) is 0 Å². The third-order valence-electron chi connectivity index (χ3n) is 2.54. The Kier molecular flexibility index (Phi) is 6.95. The van der Waals surface area contributed by atoms with Crippen LogP contribution >= 0.6 is 6.89 Å². The lowest BCUT2D eigenvalue weighted by Gasteiger charge is -2.23. The molecule has 0 aromatic carbocycles. The fourth-order valence-electron chi connectivity index (χ4n) is 2.02. The van der Waals surface area contributed by atoms with Crippen molar-refractivity contribution in [2.24, 2.45) is 0 Å². The van der Waals surface area contributed by atoms with Gasteiger partial charge in [0, 0.05) is 0 Å². The van der Waals surface area contributed by atoms with Crippen LogP contribution < -0.4 is 0 Å². The Morgan fingerprint density at radius 2 is 1.42 bits per heavy atom. The van der Waals surface area contributed by atoms with E-state index >= 15 is 0 Å². The maximum atomic E-state index is 2.65. The predicted molar refractivity (Wildman–Crippen MR) is 64.1 cm³/mol. The van der Waals surface area contributed by atoms with E-state index in [0.717, 1.165) is 0 Å². The molecule has 0 radical (unpaired) electrons. The standard InChI is InChI=1S/C11H25P/c1-5-9-12(8-4,10-6-2)11-7-3/h9H,5-8,10-11H2,1-4H3. The summed E-state index contributed by atoms with van der Waals surface area (Å²) < 4.78 is 0. The molecular formula is C11H25P. The first kappa shape index (κ1) is 12.3. The molecule has 0 saturated heterocycles. The summed E-state index contributed by atoms with van der Waals surface area (Å²) in [5.41, 5.74) is 0. The summed E-state index contributed by atoms with van der Waals surface area (Å²) in [6.45, 7) is 8.71. The summed E-state index contributed by atoms with van der Waals surface area (Å²) in [6, 6.07) is 0. The Balaban J connectivity index is 4.39. The largest absolute Gasteiger partial charge is 0.109 e. The molecule has 0 rings (SSSR count). The second-order valence-corrected chi connectivity index (χ2v) is 7.90. The molecule has 0 aliphatic carbocycles. The minimum Gasteiger partial charge on any atom is -0.109 e. The Morgan fingerprint density at radius 1 is 0.917 bits per heavy atom. The van der Waals surface area contributed by atoms with Gasteiger partial charge in [-0.3, -0.25) is 0 Å². The summed E-state index contributed by atoms with van der Waals surface area (Å²) >= 11 is 0. The molecule has 0 N–H and O–H groups in total. The first-order chi connectivity index (χ1) is 5.74. The SMILES string of the molecule is CCC=P(CC)(CCC)CCC. The van der Waals surface area contributed by atoms with E-state index in [0.29, 0.717) is 0 Å². The summed E-state index contributed by atoms with van der Waals surface area (Å²) in [4.78, 5) is 0. The van der Waals surface area contributed by atoms with Gasteiger partial charge in [-0.25, -0.2) is 0 Å². The summed E-state index contributed by atoms with van der Waals surface area (Å²) in [6.07, 6.45) is 8.44. The second-order valence-electron chi connectivity index (χ2n) is 3.57. The Bertz CT molecular complexity index is 137. The van der Waals surface area contributed by atoms with Gasteiger partial charge in [0.2, 0.25) is 0 Å². The van der Waals surface area contributed by atoms with Gasteiger partial charge in [0.1, 0.15) is 0 Å². The van der Waals surface area contributed by atoms with Gasteiger partial charge in [0.05, 0.1) is 0 Å². The van der Waals surface area contributed by atoms with Crippen molar-refractivity contribution in [1.29, 1.82) is 0 Å². The second kappa shape index (κ2) is 6.78. The van der Waals surface area contributed by atoms with Crippen LogP contribution in [0.25, 0.3) is 0 Å². The van der Waals surface area contributed by atoms with E-state index in [1.165, 1.54) is 37.7 Å². The van der Waals surface area contributed by atoms with Crippen LogP contribution in [0.1, 0.15) is 47.0 Å². The molecule has 0 nitrogen and oxygen atoms in total. The Labute approximate surface area is 78.7 Å². The molecule has 0 fully saturated rings. The number of hydrogen-bond donors (Lipinski definition) is 0. The maximum Gasteiger partial charge on any atom is -0.0333 e. The van der Waals surface area contributed by atoms with Crippen LogP contribution in [-0.4, -0.2) is 24.3 Å². The molecule has 0 aromatic heterocycles. The number of hydrogen-bond acceptors (Lipinski definition) is 0. The van der Waals surface area contributed by atoms with Gasteiger partial charge in [0.25, 0.3) is 0 Å². The zero-order valence-corrected chi connectivity index (χ0v) is 10.2. The normalized spacial score (nSPS) is 11.7. The quantitative estimate of drug-likeness (QED) is 0.551. The Morgan fingerprint density at radius 3 is 1.67 bits per heavy atom. The minimum absolute atomic E-state index is 0.602. The lowest BCUT2D eigenvalue weighted by Crippen LogP contribution is -2.00. The molecule has 0 amide bonds. The van der Waals surface area contributed by atoms with Gasteiger partial charge in [-0.05, 0) is 24.9 Å². The molecule has 0 atom stereocenters. The van der Waals surface area contributed by atoms with Crippen LogP contribution in [0.5, 0.6) is 0 Å². The fourth-order valence-corrected chi connectivity index (χ4v) is 6.05. The highest BCUT2D eigenvalue weighted by molar-refractivity contribution is 7.74. The van der Waals surface area contributed by atoms with Crippen molar-refractivity contribution in [3.63, 3.8) is 0 Å². The van der Waals surface area contributed by atoms with Crippen LogP contribution in [0.15, 0.2) is 0 Å². The molecule has 0 heterocycles. The van der Waals surface area contributed by atoms with Crippen molar-refractivity contribution in [2.45, 2.75) is 47.0 Å². The summed E-state index contributed by atoms with van der Waals surface area (Å²) in [7, 11) is 0. The highest BCUT2D eigenvalue weighted by atomic mass is 31.2. The van der Waals surface area contributed by atoms with Gasteiger partial charge in [-0.1, -0.05) is 46.3 Å². The predicted octanol–water partition coefficient (Wildman–Crippen LogP) is 4.06. The van der Waals surface area contributed by atoms with Gasteiger partial charge < -0.3 is 0 Å². The van der Waals surface area contributed by atoms with Crippen molar-refractivity contribution in [2.75, 3.05) is 18.5 Å². The zero-order valence-electron chi connectivity index (χ0n) is 9.27. The van der Waals surface area contributed by atoms with Crippen molar-refractivity contribution < 1.29 is 0 Å². The third kappa shape index (κ3) is 3.81. The molecule has 0 aliphatic rings. The molecule has 0 saturated carbocycles. The topological polar surface area (TPSA) is 0 Å². The summed E-state index contributed by atoms with van der Waals surface area (Å²) in [5.74, 6) is 2.65. The van der Waals surface area contributed by atoms with Gasteiger partial charge >= 0.3 is 0 Å². The lowest BCUT2D eigenvalue weighted by molar-refractivity contribution is 1.04. The van der Waals surface area contributed by atoms with E-state index in [9.17, 15) is 0 Å². The van der Waals surface area contributed by atoms with Crippen molar-refractivity contribution in [3.05, 3.63) is 0 Å². The molecule has 0 aliphatic heterocycles. The molecule has 0 spiro atoms. The average Bonchev–Trinajstić information content (AvgIpc) is 2.06. The van der Waals surface area contributed by atoms with Gasteiger partial charge in [-0.2, -0.15) is 0 Å². The summed E-state index contributed by atoms with van der Waals surface area (Å²) in [5, 5.41) is 0. The van der Waals surface area contributed by atoms with Crippen LogP contribution in [0.3, 0.4) is 0 Å². The molecule has 0 bridgehead atoms. The molecule has 12 heavy (non-hydrogen) atoms. The van der Waals surface area contributed by atoms with Crippen LogP contribution in [0.2, 0.25) is 0 Å². The van der Waals surface area contributed by atoms with Crippen LogP contribution in [-0.2, 0) is 0 Å². The van der Waals surface area contributed by atoms with Crippen LogP contribution in [0, 0.1) is 0 Å². The van der Waals surface area contributed by atoms with E-state index in [4.69, 9.17) is 0 Å². The third-order valence-corrected chi connectivity index (χ3v) is 7.61. The monoisotopic (exact) mass is 188 g/mol. The van der Waals surface area contributed by atoms with Crippen LogP contribution in [0.4, 0.5) is 0 Å². The lowest BCUT2D eigenvalue weighted by atomic mass is 10.6. The molecule has 0 unspecified atom stereocenters. The molecule has 1 heteroatoms. The van der Waals surface area contributed by atoms with Crippen molar-refractivity contribution in [1.82, 2.24) is 0 Å². The van der Waals surface area contributed by atoms with E-state index in [-0.39, 0.29) is 0 Å². The maximum absolute atomic E-state index is 2.65. The molecule has 0 aromatic rings.